The summed E-state index contributed by atoms with van der Waals surface area (Å²) in [6.07, 6.45) is 2.84. The Labute approximate surface area is 122 Å². The molecule has 1 heterocycles. The maximum Gasteiger partial charge on any atom is 0.325 e. The number of nitro benzene ring substituents is 1. The van der Waals surface area contributed by atoms with Gasteiger partial charge in [0.1, 0.15) is 6.33 Å². The summed E-state index contributed by atoms with van der Waals surface area (Å²) in [6, 6.07) is 11.4. The Hall–Kier alpha value is -2.51. The van der Waals surface area contributed by atoms with Gasteiger partial charge in [-0.15, -0.1) is 0 Å². The van der Waals surface area contributed by atoms with Crippen molar-refractivity contribution in [2.24, 2.45) is 0 Å². The first-order chi connectivity index (χ1) is 10.2. The average Bonchev–Trinajstić information content (AvgIpc) is 2.53. The number of benzene rings is 2. The molecule has 0 bridgehead atoms. The lowest BCUT2D eigenvalue weighted by Gasteiger charge is -2.10. The first kappa shape index (κ1) is 13.5. The number of rotatable bonds is 3. The molecule has 1 unspecified atom stereocenters. The molecule has 0 saturated heterocycles. The Balaban J connectivity index is 2.20. The lowest BCUT2D eigenvalue weighted by atomic mass is 10.2. The van der Waals surface area contributed by atoms with Gasteiger partial charge in [-0.05, 0) is 12.1 Å². The molecule has 0 aliphatic carbocycles. The van der Waals surface area contributed by atoms with Crippen LogP contribution < -0.4 is 0 Å². The quantitative estimate of drug-likeness (QED) is 0.421. The smallest absolute Gasteiger partial charge is 0.325 e. The van der Waals surface area contributed by atoms with Crippen LogP contribution in [0.1, 0.15) is 0 Å². The minimum atomic E-state index is -1.64. The Morgan fingerprint density at radius 2 is 1.90 bits per heavy atom. The van der Waals surface area contributed by atoms with E-state index in [2.05, 4.69) is 9.97 Å². The van der Waals surface area contributed by atoms with Crippen molar-refractivity contribution in [1.82, 2.24) is 9.97 Å². The van der Waals surface area contributed by atoms with Gasteiger partial charge in [0, 0.05) is 34.9 Å². The van der Waals surface area contributed by atoms with Crippen LogP contribution in [0.3, 0.4) is 0 Å². The molecule has 0 aliphatic heterocycles. The first-order valence-electron chi connectivity index (χ1n) is 6.02. The molecule has 0 N–H and O–H groups in total. The summed E-state index contributed by atoms with van der Waals surface area (Å²) in [7, 11) is 0. The summed E-state index contributed by atoms with van der Waals surface area (Å²) in [5.41, 5.74) is 0.328. The second-order valence-electron chi connectivity index (χ2n) is 4.24. The van der Waals surface area contributed by atoms with Crippen LogP contribution in [-0.2, 0) is 11.2 Å². The van der Waals surface area contributed by atoms with Gasteiger partial charge in [-0.3, -0.25) is 10.1 Å². The molecule has 0 spiro atoms. The highest BCUT2D eigenvalue weighted by Crippen LogP contribution is 2.32. The van der Waals surface area contributed by atoms with Gasteiger partial charge in [-0.1, -0.05) is 18.2 Å². The molecule has 3 rings (SSSR count). The number of nitro groups is 1. The summed E-state index contributed by atoms with van der Waals surface area (Å²) < 4.78 is 12.6. The van der Waals surface area contributed by atoms with E-state index in [1.54, 1.807) is 30.3 Å². The normalized spacial score (nSPS) is 12.2. The van der Waals surface area contributed by atoms with Crippen molar-refractivity contribution in [2.75, 3.05) is 0 Å². The maximum absolute atomic E-state index is 12.6. The topological polar surface area (TPSA) is 92.0 Å². The zero-order valence-corrected chi connectivity index (χ0v) is 11.5. The van der Waals surface area contributed by atoms with Crippen LogP contribution in [0.2, 0.25) is 0 Å². The highest BCUT2D eigenvalue weighted by Gasteiger charge is 2.27. The number of hydrogen-bond donors (Lipinski definition) is 0. The van der Waals surface area contributed by atoms with Gasteiger partial charge in [0.25, 0.3) is 0 Å². The van der Waals surface area contributed by atoms with Gasteiger partial charge in [-0.2, -0.15) is 0 Å². The van der Waals surface area contributed by atoms with E-state index in [-0.39, 0.29) is 10.6 Å². The van der Waals surface area contributed by atoms with Crippen molar-refractivity contribution in [3.05, 3.63) is 65.1 Å². The van der Waals surface area contributed by atoms with E-state index in [0.717, 1.165) is 0 Å². The minimum Gasteiger partial charge on any atom is -0.606 e. The summed E-state index contributed by atoms with van der Waals surface area (Å²) in [5, 5.41) is 11.8. The molecule has 0 amide bonds. The van der Waals surface area contributed by atoms with E-state index < -0.39 is 16.1 Å². The third-order valence-corrected chi connectivity index (χ3v) is 4.37. The number of aromatic nitrogens is 2. The summed E-state index contributed by atoms with van der Waals surface area (Å²) in [4.78, 5) is 19.2. The molecule has 0 radical (unpaired) electrons. The molecule has 21 heavy (non-hydrogen) atoms. The Morgan fingerprint density at radius 1 is 1.14 bits per heavy atom. The van der Waals surface area contributed by atoms with Gasteiger partial charge < -0.3 is 4.55 Å². The highest BCUT2D eigenvalue weighted by atomic mass is 32.2. The lowest BCUT2D eigenvalue weighted by Crippen LogP contribution is -2.06. The summed E-state index contributed by atoms with van der Waals surface area (Å²) >= 11 is -1.64. The zero-order chi connectivity index (χ0) is 14.8. The number of nitrogens with zero attached hydrogens (tertiary/aromatic N) is 3. The molecule has 7 heteroatoms. The van der Waals surface area contributed by atoms with Crippen LogP contribution in [0.15, 0.2) is 64.8 Å². The third-order valence-electron chi connectivity index (χ3n) is 2.94. The molecule has 2 aromatic carbocycles. The fourth-order valence-electron chi connectivity index (χ4n) is 1.96. The minimum absolute atomic E-state index is 0.136. The van der Waals surface area contributed by atoms with Crippen LogP contribution >= 0.6 is 0 Å². The molecule has 0 saturated carbocycles. The largest absolute Gasteiger partial charge is 0.606 e. The number of hydrogen-bond acceptors (Lipinski definition) is 5. The van der Waals surface area contributed by atoms with Crippen molar-refractivity contribution in [3.63, 3.8) is 0 Å². The van der Waals surface area contributed by atoms with Crippen LogP contribution in [0.25, 0.3) is 10.9 Å². The monoisotopic (exact) mass is 299 g/mol. The van der Waals surface area contributed by atoms with E-state index in [1.807, 2.05) is 0 Å². The lowest BCUT2D eigenvalue weighted by molar-refractivity contribution is -0.387. The van der Waals surface area contributed by atoms with Gasteiger partial charge in [-0.25, -0.2) is 9.97 Å². The molecule has 1 atom stereocenters. The fraction of sp³-hybridized carbons (Fsp3) is 0. The molecular formula is C14H9N3O3S. The molecule has 3 aromatic rings. The van der Waals surface area contributed by atoms with Crippen LogP contribution in [0.4, 0.5) is 5.69 Å². The first-order valence-corrected chi connectivity index (χ1v) is 7.17. The van der Waals surface area contributed by atoms with E-state index in [4.69, 9.17) is 0 Å². The Bertz CT molecular complexity index is 811. The molecule has 0 fully saturated rings. The SMILES string of the molecule is O=[N+]([O-])c1cc2cncnc2cc1[S+]([O-])c1ccccc1. The van der Waals surface area contributed by atoms with Crippen molar-refractivity contribution >= 4 is 27.8 Å². The van der Waals surface area contributed by atoms with Gasteiger partial charge >= 0.3 is 5.69 Å². The van der Waals surface area contributed by atoms with Crippen LogP contribution in [0, 0.1) is 10.1 Å². The molecule has 1 aromatic heterocycles. The zero-order valence-electron chi connectivity index (χ0n) is 10.7. The average molecular weight is 299 g/mol. The van der Waals surface area contributed by atoms with Crippen molar-refractivity contribution in [1.29, 1.82) is 0 Å². The van der Waals surface area contributed by atoms with Crippen molar-refractivity contribution in [3.8, 4) is 0 Å². The van der Waals surface area contributed by atoms with E-state index in [1.165, 1.54) is 24.7 Å². The van der Waals surface area contributed by atoms with Gasteiger partial charge in [0.15, 0.2) is 4.90 Å². The third kappa shape index (κ3) is 2.56. The molecular weight excluding hydrogens is 290 g/mol. The van der Waals surface area contributed by atoms with Crippen LogP contribution in [0.5, 0.6) is 0 Å². The molecule has 104 valence electrons. The van der Waals surface area contributed by atoms with E-state index in [9.17, 15) is 14.7 Å². The Kier molecular flexibility index (Phi) is 3.51. The fourth-order valence-corrected chi connectivity index (χ4v) is 3.16. The van der Waals surface area contributed by atoms with Crippen molar-refractivity contribution < 1.29 is 9.48 Å². The van der Waals surface area contributed by atoms with Crippen molar-refractivity contribution in [2.45, 2.75) is 9.79 Å². The maximum atomic E-state index is 12.6. The second kappa shape index (κ2) is 5.47. The molecule has 0 aliphatic rings. The number of fused-ring (bicyclic) bond motifs is 1. The van der Waals surface area contributed by atoms with E-state index in [0.29, 0.717) is 15.8 Å². The predicted octanol–water partition coefficient (Wildman–Crippen LogP) is 2.70. The molecule has 6 nitrogen and oxygen atoms in total. The summed E-state index contributed by atoms with van der Waals surface area (Å²) in [5.74, 6) is 0. The second-order valence-corrected chi connectivity index (χ2v) is 5.69. The van der Waals surface area contributed by atoms with Gasteiger partial charge in [0.05, 0.1) is 10.4 Å². The Morgan fingerprint density at radius 3 is 2.62 bits per heavy atom. The van der Waals surface area contributed by atoms with E-state index >= 15 is 0 Å². The van der Waals surface area contributed by atoms with Crippen LogP contribution in [-0.4, -0.2) is 19.4 Å². The summed E-state index contributed by atoms with van der Waals surface area (Å²) in [6.45, 7) is 0. The standard InChI is InChI=1S/C14H9N3O3S/c18-17(19)13-6-10-8-15-9-16-12(10)7-14(13)21(20)11-4-2-1-3-5-11/h1-9H. The van der Waals surface area contributed by atoms with Gasteiger partial charge in [0.2, 0.25) is 4.90 Å². The highest BCUT2D eigenvalue weighted by molar-refractivity contribution is 7.91. The predicted molar refractivity (Wildman–Crippen MR) is 77.3 cm³/mol.